The largest absolute Gasteiger partial charge is 2.00 e. The van der Waals surface area contributed by atoms with Gasteiger partial charge in [-0.3, -0.25) is 12.2 Å². The summed E-state index contributed by atoms with van der Waals surface area (Å²) in [6.45, 7) is 18.2. The second-order valence-corrected chi connectivity index (χ2v) is 8.15. The van der Waals surface area contributed by atoms with Crippen LogP contribution < -0.4 is 0 Å². The molecule has 25 heavy (non-hydrogen) atoms. The van der Waals surface area contributed by atoms with Gasteiger partial charge in [-0.2, -0.15) is 12.2 Å². The number of rotatable bonds is 4. The van der Waals surface area contributed by atoms with Gasteiger partial charge in [-0.25, -0.2) is 23.3 Å². The summed E-state index contributed by atoms with van der Waals surface area (Å²) in [6.07, 6.45) is 17.6. The fourth-order valence-corrected chi connectivity index (χ4v) is 2.32. The van der Waals surface area contributed by atoms with E-state index in [4.69, 9.17) is 0 Å². The average molecular weight is 463 g/mol. The molecule has 2 rings (SSSR count). The molecule has 0 atom stereocenters. The molecule has 0 N–H and O–H groups in total. The van der Waals surface area contributed by atoms with Crippen molar-refractivity contribution in [2.75, 3.05) is 0 Å². The minimum Gasteiger partial charge on any atom is -0.269 e. The van der Waals surface area contributed by atoms with Crippen molar-refractivity contribution in [3.63, 3.8) is 0 Å². The zero-order chi connectivity index (χ0) is 17.0. The average Bonchev–Trinajstić information content (AvgIpc) is 3.13. The van der Waals surface area contributed by atoms with Crippen LogP contribution in [-0.2, 0) is 26.2 Å². The van der Waals surface area contributed by atoms with Gasteiger partial charge in [-0.05, 0) is 22.7 Å². The Morgan fingerprint density at radius 3 is 1.16 bits per heavy atom. The van der Waals surface area contributed by atoms with E-state index in [-0.39, 0.29) is 51.0 Å². The quantitative estimate of drug-likeness (QED) is 0.378. The monoisotopic (exact) mass is 460 g/mol. The van der Waals surface area contributed by atoms with Crippen LogP contribution in [0.25, 0.3) is 0 Å². The molecule has 142 valence electrons. The van der Waals surface area contributed by atoms with Crippen molar-refractivity contribution in [2.45, 2.75) is 68.2 Å². The summed E-state index contributed by atoms with van der Waals surface area (Å²) in [5, 5.41) is 0. The van der Waals surface area contributed by atoms with Crippen LogP contribution in [-0.4, -0.2) is 0 Å². The second-order valence-electron chi connectivity index (χ2n) is 8.15. The van der Waals surface area contributed by atoms with E-state index in [1.807, 2.05) is 0 Å². The molecule has 0 radical (unpaired) electrons. The zero-order valence-corrected chi connectivity index (χ0v) is 21.3. The molecule has 0 bridgehead atoms. The van der Waals surface area contributed by atoms with E-state index in [0.717, 1.165) is 12.8 Å². The Hall–Kier alpha value is 0.423. The van der Waals surface area contributed by atoms with Crippen LogP contribution in [0.2, 0.25) is 0 Å². The molecule has 0 aromatic rings. The van der Waals surface area contributed by atoms with Crippen LogP contribution in [0.3, 0.4) is 0 Å². The number of hydrogen-bond donors (Lipinski definition) is 0. The minimum absolute atomic E-state index is 0. The van der Waals surface area contributed by atoms with Crippen molar-refractivity contribution >= 4 is 24.8 Å². The Bertz CT molecular complexity index is 446. The molecule has 0 nitrogen and oxygen atoms in total. The molecule has 0 heterocycles. The van der Waals surface area contributed by atoms with E-state index in [2.05, 4.69) is 91.8 Å². The van der Waals surface area contributed by atoms with E-state index in [1.165, 1.54) is 11.1 Å². The molecular formula is C22H36Cl2Zr. The predicted molar refractivity (Wildman–Crippen MR) is 113 cm³/mol. The SMILES string of the molecule is CC(C)C(C)(C)C1=[C-]CC=C1.CC(C)C(C)(C)C1=[C-]CC=C1.Cl.Cl.[Zr+2]. The molecule has 3 heteroatoms. The molecule has 0 unspecified atom stereocenters. The number of halogens is 2. The van der Waals surface area contributed by atoms with Crippen molar-refractivity contribution < 1.29 is 26.2 Å². The molecule has 0 fully saturated rings. The summed E-state index contributed by atoms with van der Waals surface area (Å²) >= 11 is 0. The van der Waals surface area contributed by atoms with Crippen molar-refractivity contribution in [1.29, 1.82) is 0 Å². The number of hydrogen-bond acceptors (Lipinski definition) is 0. The molecule has 0 saturated carbocycles. The fourth-order valence-electron chi connectivity index (χ4n) is 2.32. The van der Waals surface area contributed by atoms with Crippen LogP contribution in [0.4, 0.5) is 0 Å². The number of allylic oxidation sites excluding steroid dienone is 8. The first-order chi connectivity index (χ1) is 10.1. The van der Waals surface area contributed by atoms with E-state index in [9.17, 15) is 0 Å². The summed E-state index contributed by atoms with van der Waals surface area (Å²) in [4.78, 5) is 0. The summed E-state index contributed by atoms with van der Waals surface area (Å²) in [5.74, 6) is 1.38. The Balaban J connectivity index is -0.000000346. The molecule has 0 amide bonds. The van der Waals surface area contributed by atoms with Crippen molar-refractivity contribution in [3.05, 3.63) is 47.6 Å². The summed E-state index contributed by atoms with van der Waals surface area (Å²) < 4.78 is 0. The standard InChI is InChI=1S/2C11H17.2ClH.Zr/c2*1-9(2)11(3,4)10-7-5-6-8-10;;;/h2*5,7,9H,6H2,1-4H3;2*1H;/q2*-1;;;+2. The van der Waals surface area contributed by atoms with Gasteiger partial charge in [0.2, 0.25) is 0 Å². The van der Waals surface area contributed by atoms with Gasteiger partial charge < -0.3 is 0 Å². The maximum atomic E-state index is 3.38. The molecule has 0 aliphatic heterocycles. The molecule has 0 aromatic heterocycles. The second kappa shape index (κ2) is 12.7. The van der Waals surface area contributed by atoms with Gasteiger partial charge in [0.05, 0.1) is 0 Å². The molecule has 2 aliphatic rings. The first-order valence-electron chi connectivity index (χ1n) is 8.65. The fraction of sp³-hybridized carbons (Fsp3) is 0.636. The molecule has 0 aromatic carbocycles. The topological polar surface area (TPSA) is 0 Å². The smallest absolute Gasteiger partial charge is 0.269 e. The van der Waals surface area contributed by atoms with Crippen LogP contribution in [0.1, 0.15) is 68.2 Å². The third-order valence-electron chi connectivity index (χ3n) is 5.66. The molecule has 0 saturated heterocycles. The predicted octanol–water partition coefficient (Wildman–Crippen LogP) is 7.56. The van der Waals surface area contributed by atoms with Gasteiger partial charge in [0.25, 0.3) is 0 Å². The van der Waals surface area contributed by atoms with Gasteiger partial charge in [0, 0.05) is 0 Å². The van der Waals surface area contributed by atoms with Crippen LogP contribution in [0, 0.1) is 34.8 Å². The van der Waals surface area contributed by atoms with Gasteiger partial charge in [-0.1, -0.05) is 55.4 Å². The van der Waals surface area contributed by atoms with Crippen LogP contribution in [0.5, 0.6) is 0 Å². The zero-order valence-electron chi connectivity index (χ0n) is 17.2. The summed E-state index contributed by atoms with van der Waals surface area (Å²) in [7, 11) is 0. The van der Waals surface area contributed by atoms with Crippen molar-refractivity contribution in [3.8, 4) is 0 Å². The summed E-state index contributed by atoms with van der Waals surface area (Å²) in [6, 6.07) is 0. The first kappa shape index (κ1) is 30.2. The third kappa shape index (κ3) is 8.32. The van der Waals surface area contributed by atoms with E-state index in [0.29, 0.717) is 22.7 Å². The maximum Gasteiger partial charge on any atom is 2.00 e. The molecular weight excluding hydrogens is 426 g/mol. The van der Waals surface area contributed by atoms with Crippen molar-refractivity contribution in [1.82, 2.24) is 0 Å². The third-order valence-corrected chi connectivity index (χ3v) is 5.66. The first-order valence-corrected chi connectivity index (χ1v) is 8.65. The Labute approximate surface area is 188 Å². The Kier molecular flexibility index (Phi) is 15.4. The Morgan fingerprint density at radius 2 is 1.00 bits per heavy atom. The minimum atomic E-state index is 0. The normalized spacial score (nSPS) is 15.6. The Morgan fingerprint density at radius 1 is 0.720 bits per heavy atom. The van der Waals surface area contributed by atoms with E-state index >= 15 is 0 Å². The summed E-state index contributed by atoms with van der Waals surface area (Å²) in [5.41, 5.74) is 3.36. The van der Waals surface area contributed by atoms with Crippen LogP contribution in [0.15, 0.2) is 35.5 Å². The molecule has 2 aliphatic carbocycles. The van der Waals surface area contributed by atoms with Gasteiger partial charge in [-0.15, -0.1) is 37.7 Å². The van der Waals surface area contributed by atoms with Crippen molar-refractivity contribution in [2.24, 2.45) is 22.7 Å². The van der Waals surface area contributed by atoms with E-state index < -0.39 is 0 Å². The molecule has 0 spiro atoms. The van der Waals surface area contributed by atoms with Gasteiger partial charge in [0.15, 0.2) is 0 Å². The maximum absolute atomic E-state index is 3.38. The van der Waals surface area contributed by atoms with Crippen LogP contribution >= 0.6 is 24.8 Å². The van der Waals surface area contributed by atoms with E-state index in [1.54, 1.807) is 0 Å². The van der Waals surface area contributed by atoms with Gasteiger partial charge >= 0.3 is 26.2 Å². The van der Waals surface area contributed by atoms with Gasteiger partial charge in [0.1, 0.15) is 0 Å².